The number of aliphatic hydroxyl groups excluding tert-OH is 1. The lowest BCUT2D eigenvalue weighted by Crippen LogP contribution is -2.29. The van der Waals surface area contributed by atoms with E-state index >= 15 is 0 Å². The number of ether oxygens (including phenoxy) is 2. The van der Waals surface area contributed by atoms with Crippen LogP contribution >= 0.6 is 0 Å². The molecular formula is C27H44N8O4. The second-order valence-corrected chi connectivity index (χ2v) is 9.83. The maximum atomic E-state index is 12.2. The van der Waals surface area contributed by atoms with Crippen LogP contribution in [0.1, 0.15) is 38.2 Å². The third-order valence-corrected chi connectivity index (χ3v) is 6.49. The van der Waals surface area contributed by atoms with Crippen molar-refractivity contribution in [3.8, 4) is 0 Å². The molecule has 1 aromatic carbocycles. The van der Waals surface area contributed by atoms with E-state index in [4.69, 9.17) is 15.2 Å². The Morgan fingerprint density at radius 1 is 0.923 bits per heavy atom. The molecule has 0 aliphatic heterocycles. The minimum Gasteiger partial charge on any atom is -0.395 e. The maximum absolute atomic E-state index is 12.2. The van der Waals surface area contributed by atoms with Crippen LogP contribution in [0.5, 0.6) is 0 Å². The largest absolute Gasteiger partial charge is 0.395 e. The molecule has 0 radical (unpaired) electrons. The van der Waals surface area contributed by atoms with Crippen molar-refractivity contribution in [2.24, 2.45) is 17.6 Å². The fourth-order valence-corrected chi connectivity index (χ4v) is 4.28. The Bertz CT molecular complexity index is 971. The predicted molar refractivity (Wildman–Crippen MR) is 152 cm³/mol. The summed E-state index contributed by atoms with van der Waals surface area (Å²) in [5.41, 5.74) is 7.03. The summed E-state index contributed by atoms with van der Waals surface area (Å²) in [6, 6.07) is 7.55. The summed E-state index contributed by atoms with van der Waals surface area (Å²) in [5.74, 6) is 2.62. The lowest BCUT2D eigenvalue weighted by molar-refractivity contribution is -0.120. The van der Waals surface area contributed by atoms with E-state index in [0.29, 0.717) is 69.8 Å². The number of nitrogens with zero attached hydrogens (tertiary/aromatic N) is 3. The zero-order valence-electron chi connectivity index (χ0n) is 23.0. The molecule has 1 aliphatic carbocycles. The summed E-state index contributed by atoms with van der Waals surface area (Å²) in [5, 5.41) is 21.6. The van der Waals surface area contributed by atoms with Gasteiger partial charge in [0.05, 0.1) is 39.5 Å². The monoisotopic (exact) mass is 544 g/mol. The van der Waals surface area contributed by atoms with E-state index in [1.54, 1.807) is 0 Å². The second-order valence-electron chi connectivity index (χ2n) is 9.83. The van der Waals surface area contributed by atoms with Crippen LogP contribution in [0.25, 0.3) is 0 Å². The van der Waals surface area contributed by atoms with Crippen molar-refractivity contribution in [3.63, 3.8) is 0 Å². The molecule has 1 aliphatic rings. The molecule has 7 N–H and O–H groups in total. The van der Waals surface area contributed by atoms with Gasteiger partial charge in [0.2, 0.25) is 23.8 Å². The summed E-state index contributed by atoms with van der Waals surface area (Å²) >= 11 is 0. The minimum absolute atomic E-state index is 0.0241. The number of nitrogens with two attached hydrogens (primary N) is 1. The molecule has 1 fully saturated rings. The Kier molecular flexibility index (Phi) is 13.7. The lowest BCUT2D eigenvalue weighted by atomic mass is 9.83. The number of benzene rings is 1. The van der Waals surface area contributed by atoms with E-state index in [2.05, 4.69) is 43.1 Å². The first-order valence-corrected chi connectivity index (χ1v) is 13.9. The molecule has 0 bridgehead atoms. The first-order chi connectivity index (χ1) is 19.1. The van der Waals surface area contributed by atoms with E-state index in [1.165, 1.54) is 25.7 Å². The minimum atomic E-state index is -0.0705. The summed E-state index contributed by atoms with van der Waals surface area (Å²) in [7, 11) is 0. The Balaban J connectivity index is 1.47. The van der Waals surface area contributed by atoms with Crippen molar-refractivity contribution in [2.75, 3.05) is 75.2 Å². The molecule has 2 aromatic rings. The Hall–Kier alpha value is -3.06. The van der Waals surface area contributed by atoms with Gasteiger partial charge in [0.1, 0.15) is 0 Å². The van der Waals surface area contributed by atoms with Gasteiger partial charge in [-0.15, -0.1) is 0 Å². The van der Waals surface area contributed by atoms with Crippen LogP contribution < -0.4 is 27.0 Å². The fourth-order valence-electron chi connectivity index (χ4n) is 4.28. The molecule has 1 saturated carbocycles. The van der Waals surface area contributed by atoms with Crippen molar-refractivity contribution < 1.29 is 19.4 Å². The summed E-state index contributed by atoms with van der Waals surface area (Å²) in [6.07, 6.45) is 5.22. The Morgan fingerprint density at radius 2 is 1.59 bits per heavy atom. The maximum Gasteiger partial charge on any atom is 0.233 e. The van der Waals surface area contributed by atoms with Crippen molar-refractivity contribution in [1.29, 1.82) is 0 Å². The number of carbonyl (C=O) groups is 1. The highest BCUT2D eigenvalue weighted by atomic mass is 16.5. The molecule has 12 heteroatoms. The third-order valence-electron chi connectivity index (χ3n) is 6.49. The fraction of sp³-hybridized carbons (Fsp3) is 0.630. The molecule has 1 heterocycles. The van der Waals surface area contributed by atoms with Crippen LogP contribution in [0.4, 0.5) is 23.5 Å². The zero-order valence-corrected chi connectivity index (χ0v) is 23.0. The predicted octanol–water partition coefficient (Wildman–Crippen LogP) is 1.91. The highest BCUT2D eigenvalue weighted by Gasteiger charge is 2.18. The van der Waals surface area contributed by atoms with Gasteiger partial charge in [-0.1, -0.05) is 31.9 Å². The van der Waals surface area contributed by atoms with Gasteiger partial charge in [-0.25, -0.2) is 0 Å². The smallest absolute Gasteiger partial charge is 0.233 e. The summed E-state index contributed by atoms with van der Waals surface area (Å²) in [4.78, 5) is 25.7. The van der Waals surface area contributed by atoms with Gasteiger partial charge in [0, 0.05) is 31.9 Å². The van der Waals surface area contributed by atoms with Gasteiger partial charge in [-0.3, -0.25) is 4.79 Å². The molecule has 0 atom stereocenters. The second kappa shape index (κ2) is 17.5. The molecule has 0 spiro atoms. The molecule has 1 amide bonds. The number of hydrogen-bond acceptors (Lipinski definition) is 11. The molecule has 0 unspecified atom stereocenters. The van der Waals surface area contributed by atoms with Crippen LogP contribution in [0, 0.1) is 11.8 Å². The summed E-state index contributed by atoms with van der Waals surface area (Å²) in [6.45, 7) is 6.31. The van der Waals surface area contributed by atoms with Crippen LogP contribution in [-0.4, -0.2) is 85.2 Å². The van der Waals surface area contributed by atoms with Gasteiger partial charge in [-0.2, -0.15) is 15.0 Å². The number of amides is 1. The van der Waals surface area contributed by atoms with Crippen molar-refractivity contribution in [1.82, 2.24) is 20.3 Å². The molecule has 3 rings (SSSR count). The van der Waals surface area contributed by atoms with E-state index in [-0.39, 0.29) is 18.9 Å². The third kappa shape index (κ3) is 12.1. The molecule has 0 saturated heterocycles. The summed E-state index contributed by atoms with van der Waals surface area (Å²) < 4.78 is 10.6. The van der Waals surface area contributed by atoms with Crippen LogP contribution in [0.3, 0.4) is 0 Å². The number of anilines is 4. The topological polar surface area (TPSA) is 169 Å². The van der Waals surface area contributed by atoms with E-state index in [1.807, 2.05) is 24.3 Å². The molecule has 39 heavy (non-hydrogen) atoms. The van der Waals surface area contributed by atoms with E-state index in [9.17, 15) is 9.90 Å². The molecule has 1 aromatic heterocycles. The highest BCUT2D eigenvalue weighted by Crippen LogP contribution is 2.28. The van der Waals surface area contributed by atoms with Crippen molar-refractivity contribution >= 4 is 29.4 Å². The van der Waals surface area contributed by atoms with Gasteiger partial charge >= 0.3 is 0 Å². The normalized spacial score (nSPS) is 17.0. The molecule has 216 valence electrons. The SMILES string of the molecule is CC1CCC(CNc2nc(NCCO)nc(Nc3ccc(CC(=O)NCCOCCOCCN)cc3)n2)CC1. The Morgan fingerprint density at radius 3 is 2.28 bits per heavy atom. The number of nitrogens with one attached hydrogen (secondary N) is 4. The van der Waals surface area contributed by atoms with Crippen LogP contribution in [0.2, 0.25) is 0 Å². The number of aromatic nitrogens is 3. The quantitative estimate of drug-likeness (QED) is 0.152. The van der Waals surface area contributed by atoms with E-state index in [0.717, 1.165) is 23.7 Å². The number of hydrogen-bond donors (Lipinski definition) is 6. The van der Waals surface area contributed by atoms with Crippen molar-refractivity contribution in [2.45, 2.75) is 39.0 Å². The molecular weight excluding hydrogens is 500 g/mol. The first-order valence-electron chi connectivity index (χ1n) is 13.9. The molecule has 12 nitrogen and oxygen atoms in total. The van der Waals surface area contributed by atoms with Gasteiger partial charge in [0.15, 0.2) is 0 Å². The van der Waals surface area contributed by atoms with Crippen LogP contribution in [0.15, 0.2) is 24.3 Å². The van der Waals surface area contributed by atoms with Crippen molar-refractivity contribution in [3.05, 3.63) is 29.8 Å². The average Bonchev–Trinajstić information content (AvgIpc) is 2.94. The number of carbonyl (C=O) groups excluding carboxylic acids is 1. The van der Waals surface area contributed by atoms with Gasteiger partial charge < -0.3 is 41.6 Å². The Labute approximate surface area is 230 Å². The van der Waals surface area contributed by atoms with Gasteiger partial charge in [-0.05, 0) is 42.4 Å². The number of aliphatic hydroxyl groups is 1. The van der Waals surface area contributed by atoms with Gasteiger partial charge in [0.25, 0.3) is 0 Å². The highest BCUT2D eigenvalue weighted by molar-refractivity contribution is 5.78. The number of rotatable bonds is 18. The average molecular weight is 545 g/mol. The first kappa shape index (κ1) is 30.5. The standard InChI is InChI=1S/C27H44N8O4/c1-20-2-4-22(5-3-20)19-31-26-33-25(30-11-13-36)34-27(35-26)32-23-8-6-21(7-9-23)18-24(37)29-12-15-39-17-16-38-14-10-28/h6-9,20,22,36H,2-5,10-19,28H2,1H3,(H,29,37)(H3,30,31,32,33,34,35). The van der Waals surface area contributed by atoms with E-state index < -0.39 is 0 Å². The van der Waals surface area contributed by atoms with Crippen LogP contribution in [-0.2, 0) is 20.7 Å². The lowest BCUT2D eigenvalue weighted by Gasteiger charge is -2.26. The zero-order chi connectivity index (χ0) is 27.7.